The molecule has 0 spiro atoms. The summed E-state index contributed by atoms with van der Waals surface area (Å²) in [6, 6.07) is 7.68. The van der Waals surface area contributed by atoms with Gasteiger partial charge in [-0.05, 0) is 13.0 Å². The van der Waals surface area contributed by atoms with Crippen LogP contribution >= 0.6 is 0 Å². The fourth-order valence-electron chi connectivity index (χ4n) is 1.60. The summed E-state index contributed by atoms with van der Waals surface area (Å²) in [5.41, 5.74) is 8.85. The summed E-state index contributed by atoms with van der Waals surface area (Å²) < 4.78 is 0. The first kappa shape index (κ1) is 8.97. The van der Waals surface area contributed by atoms with Crippen molar-refractivity contribution >= 4 is 16.6 Å². The molecular formula is C11H12N2O. The third-order valence-electron chi connectivity index (χ3n) is 2.39. The van der Waals surface area contributed by atoms with E-state index in [2.05, 4.69) is 4.98 Å². The summed E-state index contributed by atoms with van der Waals surface area (Å²) in [4.78, 5) is 4.35. The van der Waals surface area contributed by atoms with E-state index in [1.54, 1.807) is 0 Å². The first-order chi connectivity index (χ1) is 6.74. The Balaban J connectivity index is 2.89. The lowest BCUT2D eigenvalue weighted by atomic mass is 10.1. The van der Waals surface area contributed by atoms with E-state index in [0.717, 1.165) is 22.2 Å². The van der Waals surface area contributed by atoms with E-state index in [-0.39, 0.29) is 6.61 Å². The number of rotatable bonds is 1. The number of aliphatic hydroxyl groups is 1. The second-order valence-corrected chi connectivity index (χ2v) is 3.26. The summed E-state index contributed by atoms with van der Waals surface area (Å²) in [6.07, 6.45) is 0. The molecule has 0 fully saturated rings. The molecule has 0 bridgehead atoms. The average Bonchev–Trinajstić information content (AvgIpc) is 2.20. The van der Waals surface area contributed by atoms with Crippen LogP contribution in [-0.4, -0.2) is 10.1 Å². The lowest BCUT2D eigenvalue weighted by Gasteiger charge is -2.09. The van der Waals surface area contributed by atoms with Crippen LogP contribution in [0.15, 0.2) is 24.3 Å². The minimum Gasteiger partial charge on any atom is -0.397 e. The first-order valence-electron chi connectivity index (χ1n) is 4.48. The highest BCUT2D eigenvalue weighted by Crippen LogP contribution is 2.24. The molecule has 0 aliphatic rings. The van der Waals surface area contributed by atoms with Gasteiger partial charge in [0.2, 0.25) is 0 Å². The fourth-order valence-corrected chi connectivity index (χ4v) is 1.60. The van der Waals surface area contributed by atoms with Gasteiger partial charge in [-0.2, -0.15) is 0 Å². The first-order valence-corrected chi connectivity index (χ1v) is 4.48. The molecule has 3 heteroatoms. The van der Waals surface area contributed by atoms with Crippen LogP contribution in [0.5, 0.6) is 0 Å². The molecule has 2 rings (SSSR count). The molecule has 0 saturated heterocycles. The van der Waals surface area contributed by atoms with E-state index in [1.165, 1.54) is 0 Å². The number of anilines is 1. The number of para-hydroxylation sites is 1. The Labute approximate surface area is 82.2 Å². The minimum atomic E-state index is -0.0459. The maximum absolute atomic E-state index is 9.23. The molecule has 0 aliphatic heterocycles. The summed E-state index contributed by atoms with van der Waals surface area (Å²) in [5.74, 6) is 0. The SMILES string of the molecule is Cc1nc2ccccc2c(CO)c1N. The van der Waals surface area contributed by atoms with Crippen LogP contribution in [-0.2, 0) is 6.61 Å². The monoisotopic (exact) mass is 188 g/mol. The molecular weight excluding hydrogens is 176 g/mol. The van der Waals surface area contributed by atoms with E-state index in [1.807, 2.05) is 31.2 Å². The predicted octanol–water partition coefficient (Wildman–Crippen LogP) is 1.62. The van der Waals surface area contributed by atoms with Gasteiger partial charge >= 0.3 is 0 Å². The molecule has 1 heterocycles. The van der Waals surface area contributed by atoms with E-state index in [4.69, 9.17) is 5.73 Å². The van der Waals surface area contributed by atoms with E-state index in [0.29, 0.717) is 5.69 Å². The lowest BCUT2D eigenvalue weighted by molar-refractivity contribution is 0.284. The highest BCUT2D eigenvalue weighted by molar-refractivity contribution is 5.86. The van der Waals surface area contributed by atoms with Crippen molar-refractivity contribution in [1.82, 2.24) is 4.98 Å². The van der Waals surface area contributed by atoms with Crippen molar-refractivity contribution in [3.8, 4) is 0 Å². The van der Waals surface area contributed by atoms with Crippen molar-refractivity contribution < 1.29 is 5.11 Å². The normalized spacial score (nSPS) is 10.7. The zero-order valence-corrected chi connectivity index (χ0v) is 7.99. The van der Waals surface area contributed by atoms with Crippen molar-refractivity contribution in [2.75, 3.05) is 5.73 Å². The highest BCUT2D eigenvalue weighted by Gasteiger charge is 2.07. The standard InChI is InChI=1S/C11H12N2O/c1-7-11(12)9(6-14)8-4-2-3-5-10(8)13-7/h2-5,14H,6,12H2,1H3. The van der Waals surface area contributed by atoms with Crippen LogP contribution in [0.25, 0.3) is 10.9 Å². The Morgan fingerprint density at radius 1 is 1.36 bits per heavy atom. The summed E-state index contributed by atoms with van der Waals surface area (Å²) in [7, 11) is 0. The third kappa shape index (κ3) is 1.22. The van der Waals surface area contributed by atoms with Gasteiger partial charge in [0.15, 0.2) is 0 Å². The fraction of sp³-hybridized carbons (Fsp3) is 0.182. The number of fused-ring (bicyclic) bond motifs is 1. The molecule has 0 atom stereocenters. The van der Waals surface area contributed by atoms with Crippen LogP contribution in [0.4, 0.5) is 5.69 Å². The molecule has 1 aromatic carbocycles. The lowest BCUT2D eigenvalue weighted by Crippen LogP contribution is -2.01. The number of aliphatic hydroxyl groups excluding tert-OH is 1. The molecule has 0 aliphatic carbocycles. The Hall–Kier alpha value is -1.61. The van der Waals surface area contributed by atoms with Crippen molar-refractivity contribution in [1.29, 1.82) is 0 Å². The summed E-state index contributed by atoms with van der Waals surface area (Å²) in [5, 5.41) is 10.2. The van der Waals surface area contributed by atoms with Crippen molar-refractivity contribution in [3.05, 3.63) is 35.5 Å². The average molecular weight is 188 g/mol. The van der Waals surface area contributed by atoms with Gasteiger partial charge in [-0.15, -0.1) is 0 Å². The van der Waals surface area contributed by atoms with Crippen LogP contribution in [0.2, 0.25) is 0 Å². The molecule has 2 aromatic rings. The second-order valence-electron chi connectivity index (χ2n) is 3.26. The smallest absolute Gasteiger partial charge is 0.0710 e. The number of hydrogen-bond donors (Lipinski definition) is 2. The number of aryl methyl sites for hydroxylation is 1. The quantitative estimate of drug-likeness (QED) is 0.714. The Bertz CT molecular complexity index is 480. The largest absolute Gasteiger partial charge is 0.397 e. The molecule has 0 radical (unpaired) electrons. The number of benzene rings is 1. The number of nitrogens with zero attached hydrogens (tertiary/aromatic N) is 1. The molecule has 0 amide bonds. The summed E-state index contributed by atoms with van der Waals surface area (Å²) >= 11 is 0. The zero-order valence-electron chi connectivity index (χ0n) is 7.99. The Morgan fingerprint density at radius 2 is 2.07 bits per heavy atom. The number of aromatic nitrogens is 1. The number of hydrogen-bond acceptors (Lipinski definition) is 3. The molecule has 3 N–H and O–H groups in total. The molecule has 1 aromatic heterocycles. The topological polar surface area (TPSA) is 59.1 Å². The molecule has 0 saturated carbocycles. The van der Waals surface area contributed by atoms with Gasteiger partial charge in [0.25, 0.3) is 0 Å². The van der Waals surface area contributed by atoms with Crippen molar-refractivity contribution in [2.45, 2.75) is 13.5 Å². The van der Waals surface area contributed by atoms with Gasteiger partial charge < -0.3 is 10.8 Å². The van der Waals surface area contributed by atoms with Crippen LogP contribution in [0, 0.1) is 6.92 Å². The minimum absolute atomic E-state index is 0.0459. The predicted molar refractivity (Wildman–Crippen MR) is 56.8 cm³/mol. The molecule has 72 valence electrons. The van der Waals surface area contributed by atoms with Gasteiger partial charge in [-0.25, -0.2) is 0 Å². The van der Waals surface area contributed by atoms with Gasteiger partial charge in [0.05, 0.1) is 23.5 Å². The van der Waals surface area contributed by atoms with Gasteiger partial charge in [0.1, 0.15) is 0 Å². The third-order valence-corrected chi connectivity index (χ3v) is 2.39. The highest BCUT2D eigenvalue weighted by atomic mass is 16.3. The zero-order chi connectivity index (χ0) is 10.1. The summed E-state index contributed by atoms with van der Waals surface area (Å²) in [6.45, 7) is 1.80. The van der Waals surface area contributed by atoms with Gasteiger partial charge in [0, 0.05) is 10.9 Å². The van der Waals surface area contributed by atoms with Crippen LogP contribution < -0.4 is 5.73 Å². The molecule has 0 unspecified atom stereocenters. The van der Waals surface area contributed by atoms with Crippen molar-refractivity contribution in [2.24, 2.45) is 0 Å². The molecule has 14 heavy (non-hydrogen) atoms. The number of nitrogens with two attached hydrogens (primary N) is 1. The van der Waals surface area contributed by atoms with E-state index >= 15 is 0 Å². The van der Waals surface area contributed by atoms with Gasteiger partial charge in [-0.1, -0.05) is 18.2 Å². The van der Waals surface area contributed by atoms with Crippen molar-refractivity contribution in [3.63, 3.8) is 0 Å². The Morgan fingerprint density at radius 3 is 2.79 bits per heavy atom. The number of nitrogen functional groups attached to an aromatic ring is 1. The molecule has 3 nitrogen and oxygen atoms in total. The van der Waals surface area contributed by atoms with E-state index < -0.39 is 0 Å². The van der Waals surface area contributed by atoms with E-state index in [9.17, 15) is 5.11 Å². The van der Waals surface area contributed by atoms with Gasteiger partial charge in [-0.3, -0.25) is 4.98 Å². The van der Waals surface area contributed by atoms with Crippen LogP contribution in [0.1, 0.15) is 11.3 Å². The van der Waals surface area contributed by atoms with Crippen LogP contribution in [0.3, 0.4) is 0 Å². The second kappa shape index (κ2) is 3.27. The number of pyridine rings is 1. The Kier molecular flexibility index (Phi) is 2.09. The maximum atomic E-state index is 9.23. The maximum Gasteiger partial charge on any atom is 0.0710 e.